The lowest BCUT2D eigenvalue weighted by Gasteiger charge is -2.37. The summed E-state index contributed by atoms with van der Waals surface area (Å²) < 4.78 is 0. The van der Waals surface area contributed by atoms with Gasteiger partial charge in [0.1, 0.15) is 5.54 Å². The summed E-state index contributed by atoms with van der Waals surface area (Å²) in [5, 5.41) is 11.8. The lowest BCUT2D eigenvalue weighted by atomic mass is 9.73. The molecule has 2 N–H and O–H groups in total. The number of carbonyl (C=O) groups excluding carboxylic acids is 1. The van der Waals surface area contributed by atoms with Gasteiger partial charge in [0.25, 0.3) is 0 Å². The Hall–Kier alpha value is -1.06. The van der Waals surface area contributed by atoms with Gasteiger partial charge in [-0.1, -0.05) is 26.7 Å². The molecule has 0 aliphatic heterocycles. The van der Waals surface area contributed by atoms with Crippen LogP contribution in [0.25, 0.3) is 0 Å². The average Bonchev–Trinajstić information content (AvgIpc) is 2.17. The third-order valence-electron chi connectivity index (χ3n) is 3.40. The molecule has 4 nitrogen and oxygen atoms in total. The van der Waals surface area contributed by atoms with E-state index in [0.717, 1.165) is 19.3 Å². The van der Waals surface area contributed by atoms with Crippen molar-refractivity contribution in [2.75, 3.05) is 0 Å². The molecule has 2 atom stereocenters. The van der Waals surface area contributed by atoms with Gasteiger partial charge in [0.15, 0.2) is 0 Å². The van der Waals surface area contributed by atoms with Crippen molar-refractivity contribution < 1.29 is 14.7 Å². The van der Waals surface area contributed by atoms with E-state index in [1.165, 1.54) is 0 Å². The second-order valence-electron chi connectivity index (χ2n) is 5.24. The molecule has 0 aromatic heterocycles. The van der Waals surface area contributed by atoms with Crippen LogP contribution < -0.4 is 5.32 Å². The summed E-state index contributed by atoms with van der Waals surface area (Å²) in [6, 6.07) is 0. The molecule has 92 valence electrons. The molecule has 1 fully saturated rings. The quantitative estimate of drug-likeness (QED) is 0.704. The normalized spacial score (nSPS) is 30.1. The van der Waals surface area contributed by atoms with Crippen LogP contribution in [0.3, 0.4) is 0 Å². The third kappa shape index (κ3) is 2.97. The maximum atomic E-state index is 11.3. The lowest BCUT2D eigenvalue weighted by Crippen LogP contribution is -2.54. The Kier molecular flexibility index (Phi) is 4.33. The number of hydrogen-bond acceptors (Lipinski definition) is 2. The minimum atomic E-state index is -1.01. The number of hydrogen-bond donors (Lipinski definition) is 2. The van der Waals surface area contributed by atoms with E-state index in [-0.39, 0.29) is 0 Å². The molecule has 0 saturated heterocycles. The summed E-state index contributed by atoms with van der Waals surface area (Å²) in [7, 11) is 0. The fraction of sp³-hybridized carbons (Fsp3) is 0.833. The molecule has 0 radical (unpaired) electrons. The van der Waals surface area contributed by atoms with Crippen molar-refractivity contribution in [1.29, 1.82) is 0 Å². The summed E-state index contributed by atoms with van der Waals surface area (Å²) in [6.45, 7) is 4.29. The van der Waals surface area contributed by atoms with E-state index in [0.29, 0.717) is 31.1 Å². The highest BCUT2D eigenvalue weighted by atomic mass is 16.4. The molecule has 16 heavy (non-hydrogen) atoms. The van der Waals surface area contributed by atoms with E-state index in [2.05, 4.69) is 19.2 Å². The summed E-state index contributed by atoms with van der Waals surface area (Å²) in [5.74, 6) is 0.0937. The van der Waals surface area contributed by atoms with Gasteiger partial charge >= 0.3 is 5.97 Å². The average molecular weight is 227 g/mol. The Morgan fingerprint density at radius 1 is 1.62 bits per heavy atom. The van der Waals surface area contributed by atoms with Gasteiger partial charge in [-0.3, -0.25) is 4.79 Å². The first-order valence-electron chi connectivity index (χ1n) is 5.95. The second kappa shape index (κ2) is 5.32. The zero-order valence-corrected chi connectivity index (χ0v) is 10.0. The van der Waals surface area contributed by atoms with Crippen LogP contribution in [0.15, 0.2) is 0 Å². The molecular weight excluding hydrogens is 206 g/mol. The molecule has 1 aliphatic carbocycles. The highest BCUT2D eigenvalue weighted by Gasteiger charge is 2.42. The SMILES string of the molecule is CC(C)CC1CCCC(NC=O)(C(=O)O)C1. The Morgan fingerprint density at radius 2 is 2.31 bits per heavy atom. The topological polar surface area (TPSA) is 66.4 Å². The number of aliphatic carboxylic acids is 1. The van der Waals surface area contributed by atoms with Crippen LogP contribution >= 0.6 is 0 Å². The largest absolute Gasteiger partial charge is 0.480 e. The Bertz CT molecular complexity index is 265. The Labute approximate surface area is 96.4 Å². The van der Waals surface area contributed by atoms with E-state index in [9.17, 15) is 14.7 Å². The van der Waals surface area contributed by atoms with Crippen molar-refractivity contribution in [3.8, 4) is 0 Å². The maximum Gasteiger partial charge on any atom is 0.329 e. The van der Waals surface area contributed by atoms with E-state index in [1.54, 1.807) is 0 Å². The van der Waals surface area contributed by atoms with Crippen molar-refractivity contribution in [2.45, 2.75) is 51.5 Å². The number of carboxylic acid groups (broad SMARTS) is 1. The first-order chi connectivity index (χ1) is 7.50. The third-order valence-corrected chi connectivity index (χ3v) is 3.40. The molecule has 1 rings (SSSR count). The molecule has 1 aliphatic rings. The highest BCUT2D eigenvalue weighted by molar-refractivity contribution is 5.81. The molecule has 0 aromatic rings. The van der Waals surface area contributed by atoms with Gasteiger partial charge in [0, 0.05) is 0 Å². The van der Waals surface area contributed by atoms with Crippen molar-refractivity contribution in [1.82, 2.24) is 5.32 Å². The summed E-state index contributed by atoms with van der Waals surface area (Å²) >= 11 is 0. The van der Waals surface area contributed by atoms with Gasteiger partial charge in [0.2, 0.25) is 6.41 Å². The lowest BCUT2D eigenvalue weighted by molar-refractivity contribution is -0.148. The van der Waals surface area contributed by atoms with E-state index in [4.69, 9.17) is 0 Å². The second-order valence-corrected chi connectivity index (χ2v) is 5.24. The monoisotopic (exact) mass is 227 g/mol. The molecule has 4 heteroatoms. The van der Waals surface area contributed by atoms with Gasteiger partial charge in [-0.25, -0.2) is 4.79 Å². The molecule has 0 spiro atoms. The zero-order chi connectivity index (χ0) is 12.2. The van der Waals surface area contributed by atoms with E-state index >= 15 is 0 Å². The highest BCUT2D eigenvalue weighted by Crippen LogP contribution is 2.35. The first kappa shape index (κ1) is 13.0. The molecular formula is C12H21NO3. The number of nitrogens with one attached hydrogen (secondary N) is 1. The number of carbonyl (C=O) groups is 2. The maximum absolute atomic E-state index is 11.3. The van der Waals surface area contributed by atoms with Gasteiger partial charge in [-0.15, -0.1) is 0 Å². The molecule has 0 heterocycles. The number of carboxylic acids is 1. The summed E-state index contributed by atoms with van der Waals surface area (Å²) in [6.07, 6.45) is 4.63. The molecule has 0 bridgehead atoms. The summed E-state index contributed by atoms with van der Waals surface area (Å²) in [5.41, 5.74) is -1.01. The van der Waals surface area contributed by atoms with E-state index in [1.807, 2.05) is 0 Å². The predicted octanol–water partition coefficient (Wildman–Crippen LogP) is 1.79. The number of rotatable bonds is 5. The minimum absolute atomic E-state index is 0.414. The van der Waals surface area contributed by atoms with Crippen molar-refractivity contribution in [3.63, 3.8) is 0 Å². The van der Waals surface area contributed by atoms with Crippen LogP contribution in [-0.4, -0.2) is 23.0 Å². The van der Waals surface area contributed by atoms with Gasteiger partial charge in [0.05, 0.1) is 0 Å². The van der Waals surface area contributed by atoms with Crippen LogP contribution in [0.5, 0.6) is 0 Å². The van der Waals surface area contributed by atoms with E-state index < -0.39 is 11.5 Å². The van der Waals surface area contributed by atoms with Crippen LogP contribution in [0.1, 0.15) is 46.0 Å². The fourth-order valence-electron chi connectivity index (χ4n) is 2.76. The van der Waals surface area contributed by atoms with Gasteiger partial charge in [-0.05, 0) is 31.1 Å². The zero-order valence-electron chi connectivity index (χ0n) is 10.0. The van der Waals surface area contributed by atoms with Crippen molar-refractivity contribution >= 4 is 12.4 Å². The molecule has 1 saturated carbocycles. The van der Waals surface area contributed by atoms with Gasteiger partial charge in [-0.2, -0.15) is 0 Å². The molecule has 2 unspecified atom stereocenters. The standard InChI is InChI=1S/C12H21NO3/c1-9(2)6-10-4-3-5-12(7-10,11(15)16)13-8-14/h8-10H,3-7H2,1-2H3,(H,13,14)(H,15,16). The van der Waals surface area contributed by atoms with Crippen LogP contribution in [0, 0.1) is 11.8 Å². The minimum Gasteiger partial charge on any atom is -0.480 e. The molecule has 0 aromatic carbocycles. The van der Waals surface area contributed by atoms with Crippen molar-refractivity contribution in [3.05, 3.63) is 0 Å². The smallest absolute Gasteiger partial charge is 0.329 e. The predicted molar refractivity (Wildman–Crippen MR) is 61.0 cm³/mol. The first-order valence-corrected chi connectivity index (χ1v) is 5.95. The Balaban J connectivity index is 2.70. The van der Waals surface area contributed by atoms with Crippen LogP contribution in [0.4, 0.5) is 0 Å². The molecule has 1 amide bonds. The van der Waals surface area contributed by atoms with Gasteiger partial charge < -0.3 is 10.4 Å². The van der Waals surface area contributed by atoms with Crippen LogP contribution in [-0.2, 0) is 9.59 Å². The van der Waals surface area contributed by atoms with Crippen LogP contribution in [0.2, 0.25) is 0 Å². The fourth-order valence-corrected chi connectivity index (χ4v) is 2.76. The van der Waals surface area contributed by atoms with Crippen molar-refractivity contribution in [2.24, 2.45) is 11.8 Å². The Morgan fingerprint density at radius 3 is 2.81 bits per heavy atom. The number of amides is 1. The summed E-state index contributed by atoms with van der Waals surface area (Å²) in [4.78, 5) is 21.8.